The lowest BCUT2D eigenvalue weighted by atomic mass is 9.83. The third-order valence-electron chi connectivity index (χ3n) is 6.26. The maximum absolute atomic E-state index is 13.7. The Balaban J connectivity index is 1.57. The van der Waals surface area contributed by atoms with Crippen molar-refractivity contribution in [3.8, 4) is 0 Å². The molecule has 2 nitrogen and oxygen atoms in total. The van der Waals surface area contributed by atoms with E-state index in [4.69, 9.17) is 0 Å². The SMILES string of the molecule is C=C/C(CC1CC23C(C=C)C2CCN13)=C1/C=C(F)C=CC1=NC. The molecule has 3 fully saturated rings. The van der Waals surface area contributed by atoms with Gasteiger partial charge in [-0.2, -0.15) is 0 Å². The zero-order valence-corrected chi connectivity index (χ0v) is 13.6. The van der Waals surface area contributed by atoms with Gasteiger partial charge in [0.15, 0.2) is 0 Å². The van der Waals surface area contributed by atoms with Crippen LogP contribution in [0.3, 0.4) is 0 Å². The standard InChI is InChI=1S/C20H23FN2/c1-4-13(16-11-14(21)6-7-19(16)22-3)10-15-12-20-17(5-2)18(20)8-9-23(15)20/h4-7,11,15,17-18H,1-2,8-10,12H2,3H3/b16-13+,22-19?. The molecule has 1 saturated carbocycles. The molecule has 0 amide bonds. The molecule has 2 saturated heterocycles. The van der Waals surface area contributed by atoms with Gasteiger partial charge >= 0.3 is 0 Å². The second-order valence-corrected chi connectivity index (χ2v) is 7.02. The normalized spacial score (nSPS) is 41.7. The number of halogens is 1. The average molecular weight is 310 g/mol. The van der Waals surface area contributed by atoms with Crippen LogP contribution in [0.1, 0.15) is 19.3 Å². The highest BCUT2D eigenvalue weighted by atomic mass is 19.1. The summed E-state index contributed by atoms with van der Waals surface area (Å²) >= 11 is 0. The van der Waals surface area contributed by atoms with Crippen molar-refractivity contribution in [1.29, 1.82) is 0 Å². The van der Waals surface area contributed by atoms with Crippen LogP contribution in [-0.2, 0) is 0 Å². The molecule has 2 aliphatic heterocycles. The van der Waals surface area contributed by atoms with Crippen LogP contribution in [0.4, 0.5) is 4.39 Å². The minimum Gasteiger partial charge on any atom is -0.293 e. The van der Waals surface area contributed by atoms with Crippen molar-refractivity contribution in [2.75, 3.05) is 13.6 Å². The molecule has 0 radical (unpaired) electrons. The first kappa shape index (κ1) is 14.8. The van der Waals surface area contributed by atoms with Gasteiger partial charge in [0.1, 0.15) is 5.83 Å². The summed E-state index contributed by atoms with van der Waals surface area (Å²) in [5.41, 5.74) is 3.25. The lowest BCUT2D eigenvalue weighted by molar-refractivity contribution is 0.0102. The largest absolute Gasteiger partial charge is 0.293 e. The van der Waals surface area contributed by atoms with Gasteiger partial charge in [0.05, 0.1) is 5.71 Å². The third-order valence-corrected chi connectivity index (χ3v) is 6.26. The number of piperidine rings is 1. The quantitative estimate of drug-likeness (QED) is 0.717. The van der Waals surface area contributed by atoms with Gasteiger partial charge in [-0.05, 0) is 61.4 Å². The predicted octanol–water partition coefficient (Wildman–Crippen LogP) is 4.00. The zero-order chi connectivity index (χ0) is 16.2. The number of hydrogen-bond acceptors (Lipinski definition) is 2. The van der Waals surface area contributed by atoms with Crippen molar-refractivity contribution >= 4 is 5.71 Å². The molecular weight excluding hydrogens is 287 g/mol. The molecule has 0 bridgehead atoms. The predicted molar refractivity (Wildman–Crippen MR) is 93.2 cm³/mol. The highest BCUT2D eigenvalue weighted by Crippen LogP contribution is 2.70. The van der Waals surface area contributed by atoms with E-state index in [1.54, 1.807) is 19.2 Å². The number of rotatable bonds is 4. The molecule has 2 heterocycles. The van der Waals surface area contributed by atoms with Crippen molar-refractivity contribution in [2.45, 2.75) is 30.8 Å². The van der Waals surface area contributed by atoms with Crippen molar-refractivity contribution in [3.05, 3.63) is 60.5 Å². The van der Waals surface area contributed by atoms with Crippen LogP contribution < -0.4 is 0 Å². The van der Waals surface area contributed by atoms with Crippen LogP contribution in [-0.4, -0.2) is 35.8 Å². The Bertz CT molecular complexity index is 696. The van der Waals surface area contributed by atoms with E-state index >= 15 is 0 Å². The van der Waals surface area contributed by atoms with Crippen molar-refractivity contribution < 1.29 is 4.39 Å². The molecule has 0 aromatic rings. The molecule has 4 aliphatic rings. The van der Waals surface area contributed by atoms with E-state index in [1.165, 1.54) is 25.5 Å². The average Bonchev–Trinajstić information content (AvgIpc) is 3.10. The lowest BCUT2D eigenvalue weighted by Crippen LogP contribution is -2.57. The molecule has 1 spiro atoms. The Morgan fingerprint density at radius 3 is 2.96 bits per heavy atom. The fraction of sp³-hybridized carbons (Fsp3) is 0.450. The van der Waals surface area contributed by atoms with Crippen molar-refractivity contribution in [1.82, 2.24) is 4.90 Å². The van der Waals surface area contributed by atoms with E-state index in [-0.39, 0.29) is 5.83 Å². The zero-order valence-electron chi connectivity index (χ0n) is 13.6. The van der Waals surface area contributed by atoms with Gasteiger partial charge in [-0.25, -0.2) is 4.39 Å². The Hall–Kier alpha value is -1.74. The summed E-state index contributed by atoms with van der Waals surface area (Å²) < 4.78 is 13.7. The van der Waals surface area contributed by atoms with Gasteiger partial charge in [0, 0.05) is 24.2 Å². The van der Waals surface area contributed by atoms with Gasteiger partial charge in [-0.15, -0.1) is 6.58 Å². The highest BCUT2D eigenvalue weighted by Gasteiger charge is 2.75. The van der Waals surface area contributed by atoms with Crippen LogP contribution in [0.5, 0.6) is 0 Å². The second kappa shape index (κ2) is 5.13. The van der Waals surface area contributed by atoms with Crippen LogP contribution >= 0.6 is 0 Å². The summed E-state index contributed by atoms with van der Waals surface area (Å²) in [4.78, 5) is 6.95. The summed E-state index contributed by atoms with van der Waals surface area (Å²) in [6, 6.07) is 0.547. The topological polar surface area (TPSA) is 15.6 Å². The van der Waals surface area contributed by atoms with Crippen LogP contribution in [0.15, 0.2) is 65.5 Å². The third kappa shape index (κ3) is 1.92. The van der Waals surface area contributed by atoms with Gasteiger partial charge in [0.2, 0.25) is 0 Å². The molecule has 0 aromatic heterocycles. The van der Waals surface area contributed by atoms with E-state index in [1.807, 2.05) is 6.08 Å². The van der Waals surface area contributed by atoms with Crippen molar-refractivity contribution in [2.24, 2.45) is 16.8 Å². The molecule has 2 aliphatic carbocycles. The number of allylic oxidation sites excluding steroid dienone is 6. The smallest absolute Gasteiger partial charge is 0.123 e. The molecule has 4 unspecified atom stereocenters. The Labute approximate surface area is 137 Å². The summed E-state index contributed by atoms with van der Waals surface area (Å²) in [5.74, 6) is 1.31. The maximum atomic E-state index is 13.7. The summed E-state index contributed by atoms with van der Waals surface area (Å²) in [5, 5.41) is 0. The molecule has 4 rings (SSSR count). The fourth-order valence-electron chi connectivity index (χ4n) is 5.23. The lowest BCUT2D eigenvalue weighted by Gasteiger charge is -2.49. The van der Waals surface area contributed by atoms with E-state index in [0.717, 1.165) is 29.2 Å². The maximum Gasteiger partial charge on any atom is 0.123 e. The molecule has 120 valence electrons. The van der Waals surface area contributed by atoms with E-state index in [0.29, 0.717) is 17.5 Å². The summed E-state index contributed by atoms with van der Waals surface area (Å²) in [6.45, 7) is 9.15. The second-order valence-electron chi connectivity index (χ2n) is 7.02. The van der Waals surface area contributed by atoms with Crippen molar-refractivity contribution in [3.63, 3.8) is 0 Å². The molecule has 4 atom stereocenters. The van der Waals surface area contributed by atoms with Gasteiger partial charge in [0.25, 0.3) is 0 Å². The van der Waals surface area contributed by atoms with Crippen LogP contribution in [0.2, 0.25) is 0 Å². The van der Waals surface area contributed by atoms with Crippen LogP contribution in [0.25, 0.3) is 0 Å². The Morgan fingerprint density at radius 1 is 1.48 bits per heavy atom. The molecule has 0 N–H and O–H groups in total. The number of aliphatic imine (C=N–C) groups is 1. The first-order valence-electron chi connectivity index (χ1n) is 8.43. The van der Waals surface area contributed by atoms with E-state index < -0.39 is 0 Å². The number of hydrogen-bond donors (Lipinski definition) is 0. The molecule has 0 aromatic carbocycles. The van der Waals surface area contributed by atoms with Crippen LogP contribution in [0, 0.1) is 11.8 Å². The Morgan fingerprint density at radius 2 is 2.30 bits per heavy atom. The molecular formula is C20H23FN2. The summed E-state index contributed by atoms with van der Waals surface area (Å²) in [7, 11) is 1.75. The highest BCUT2D eigenvalue weighted by molar-refractivity contribution is 6.12. The number of nitrogens with zero attached hydrogens (tertiary/aromatic N) is 2. The first-order chi connectivity index (χ1) is 11.2. The van der Waals surface area contributed by atoms with Gasteiger partial charge in [-0.1, -0.05) is 18.7 Å². The van der Waals surface area contributed by atoms with Gasteiger partial charge in [-0.3, -0.25) is 9.89 Å². The monoisotopic (exact) mass is 310 g/mol. The minimum atomic E-state index is -0.216. The minimum absolute atomic E-state index is 0.216. The van der Waals surface area contributed by atoms with E-state index in [9.17, 15) is 4.39 Å². The molecule has 3 heteroatoms. The fourth-order valence-corrected chi connectivity index (χ4v) is 5.23. The first-order valence-corrected chi connectivity index (χ1v) is 8.43. The van der Waals surface area contributed by atoms with E-state index in [2.05, 4.69) is 29.1 Å². The van der Waals surface area contributed by atoms with Gasteiger partial charge < -0.3 is 0 Å². The molecule has 23 heavy (non-hydrogen) atoms. The summed E-state index contributed by atoms with van der Waals surface area (Å²) in [6.07, 6.45) is 12.3. The Kier molecular flexibility index (Phi) is 3.31.